The van der Waals surface area contributed by atoms with Crippen LogP contribution in [-0.4, -0.2) is 28.9 Å². The molecule has 15 heavy (non-hydrogen) atoms. The second kappa shape index (κ2) is 5.22. The van der Waals surface area contributed by atoms with Crippen LogP contribution >= 0.6 is 0 Å². The quantitative estimate of drug-likeness (QED) is 0.173. The number of Topliss-reactive ketones (excluding diaryl/α,β-unsaturated/α-hetero) is 1. The van der Waals surface area contributed by atoms with Crippen LogP contribution in [-0.2, 0) is 14.3 Å². The van der Waals surface area contributed by atoms with E-state index in [4.69, 9.17) is 5.53 Å². The molecule has 0 unspecified atom stereocenters. The highest BCUT2D eigenvalue weighted by atomic mass is 16.5. The number of ether oxygens (including phenoxy) is 1. The van der Waals surface area contributed by atoms with Gasteiger partial charge in [0.15, 0.2) is 0 Å². The van der Waals surface area contributed by atoms with Gasteiger partial charge in [-0.2, -0.15) is 4.79 Å². The van der Waals surface area contributed by atoms with Gasteiger partial charge in [-0.3, -0.25) is 4.79 Å². The fraction of sp³-hybridized carbons (Fsp3) is 0.500. The summed E-state index contributed by atoms with van der Waals surface area (Å²) in [5.41, 5.74) is 7.18. The van der Waals surface area contributed by atoms with E-state index in [-0.39, 0.29) is 6.61 Å². The highest BCUT2D eigenvalue weighted by molar-refractivity contribution is 6.63. The average molecular weight is 210 g/mol. The lowest BCUT2D eigenvalue weighted by molar-refractivity contribution is -0.142. The maximum absolute atomic E-state index is 11.6. The van der Waals surface area contributed by atoms with Crippen LogP contribution in [0.25, 0.3) is 5.53 Å². The van der Waals surface area contributed by atoms with Gasteiger partial charge in [0.2, 0.25) is 0 Å². The van der Waals surface area contributed by atoms with Gasteiger partial charge in [0, 0.05) is 5.41 Å². The van der Waals surface area contributed by atoms with Gasteiger partial charge in [-0.05, 0) is 0 Å². The molecule has 5 heteroatoms. The fourth-order valence-electron chi connectivity index (χ4n) is 0.737. The number of nitrogens with zero attached hydrogens (tertiary/aromatic N) is 2. The van der Waals surface area contributed by atoms with Gasteiger partial charge in [-0.1, -0.05) is 33.4 Å². The lowest BCUT2D eigenvalue weighted by Crippen LogP contribution is -2.35. The van der Waals surface area contributed by atoms with Gasteiger partial charge < -0.3 is 10.3 Å². The number of esters is 1. The molecule has 0 aliphatic heterocycles. The predicted molar refractivity (Wildman–Crippen MR) is 54.2 cm³/mol. The number of rotatable bonds is 4. The zero-order valence-electron chi connectivity index (χ0n) is 9.11. The summed E-state index contributed by atoms with van der Waals surface area (Å²) in [6.07, 6.45) is 1.36. The molecule has 0 radical (unpaired) electrons. The molecule has 0 amide bonds. The number of carbonyl (C=O) groups is 2. The molecule has 0 fully saturated rings. The van der Waals surface area contributed by atoms with Crippen molar-refractivity contribution in [1.82, 2.24) is 0 Å². The normalized spacial score (nSPS) is 10.1. The van der Waals surface area contributed by atoms with E-state index in [0.29, 0.717) is 0 Å². The molecule has 0 rings (SSSR count). The predicted octanol–water partition coefficient (Wildman–Crippen LogP) is 1.00. The first kappa shape index (κ1) is 13.3. The summed E-state index contributed by atoms with van der Waals surface area (Å²) >= 11 is 0. The summed E-state index contributed by atoms with van der Waals surface area (Å²) in [5, 5.41) is 0. The molecule has 0 bridgehead atoms. The van der Waals surface area contributed by atoms with E-state index in [9.17, 15) is 9.59 Å². The van der Waals surface area contributed by atoms with E-state index in [1.807, 2.05) is 0 Å². The average Bonchev–Trinajstić information content (AvgIpc) is 2.14. The maximum atomic E-state index is 11.6. The topological polar surface area (TPSA) is 79.8 Å². The molecule has 82 valence electrons. The van der Waals surface area contributed by atoms with Crippen molar-refractivity contribution in [2.75, 3.05) is 6.61 Å². The first-order valence-corrected chi connectivity index (χ1v) is 4.39. The molecular formula is C10H14N2O3. The lowest BCUT2D eigenvalue weighted by atomic mass is 9.88. The van der Waals surface area contributed by atoms with Crippen molar-refractivity contribution >= 4 is 17.5 Å². The Morgan fingerprint density at radius 3 is 2.33 bits per heavy atom. The van der Waals surface area contributed by atoms with Crippen molar-refractivity contribution in [3.05, 3.63) is 18.2 Å². The van der Waals surface area contributed by atoms with E-state index < -0.39 is 22.9 Å². The Hall–Kier alpha value is -1.74. The number of ketones is 1. The standard InChI is InChI=1S/C10H14N2O3/c1-5-6-15-9(14)7(12-11)8(13)10(2,3)4/h5H,1,6H2,2-4H3. The molecule has 0 aromatic heterocycles. The molecule has 0 aliphatic rings. The molecule has 0 aromatic rings. The van der Waals surface area contributed by atoms with E-state index in [1.54, 1.807) is 20.8 Å². The highest BCUT2D eigenvalue weighted by Crippen LogP contribution is 2.15. The Balaban J connectivity index is 4.81. The highest BCUT2D eigenvalue weighted by Gasteiger charge is 2.38. The van der Waals surface area contributed by atoms with Crippen LogP contribution in [0.2, 0.25) is 0 Å². The number of carbonyl (C=O) groups excluding carboxylic acids is 2. The monoisotopic (exact) mass is 210 g/mol. The third kappa shape index (κ3) is 3.87. The first-order chi connectivity index (χ1) is 6.84. The van der Waals surface area contributed by atoms with Gasteiger partial charge in [-0.15, -0.1) is 0 Å². The summed E-state index contributed by atoms with van der Waals surface area (Å²) < 4.78 is 4.59. The molecule has 0 atom stereocenters. The molecule has 0 saturated heterocycles. The molecule has 0 aromatic carbocycles. The minimum absolute atomic E-state index is 0.0325. The summed E-state index contributed by atoms with van der Waals surface area (Å²) in [5.74, 6) is -1.52. The molecule has 0 saturated carbocycles. The minimum Gasteiger partial charge on any atom is -0.453 e. The maximum Gasteiger partial charge on any atom is 0.442 e. The van der Waals surface area contributed by atoms with E-state index >= 15 is 0 Å². The largest absolute Gasteiger partial charge is 0.453 e. The van der Waals surface area contributed by atoms with Crippen LogP contribution in [0, 0.1) is 5.41 Å². The Morgan fingerprint density at radius 2 is 2.00 bits per heavy atom. The van der Waals surface area contributed by atoms with Crippen molar-refractivity contribution in [2.24, 2.45) is 5.41 Å². The Morgan fingerprint density at radius 1 is 1.47 bits per heavy atom. The zero-order valence-corrected chi connectivity index (χ0v) is 9.11. The summed E-state index contributed by atoms with van der Waals surface area (Å²) in [6, 6.07) is 0. The molecule has 5 nitrogen and oxygen atoms in total. The summed E-state index contributed by atoms with van der Waals surface area (Å²) in [4.78, 5) is 25.5. The van der Waals surface area contributed by atoms with Gasteiger partial charge in [0.25, 0.3) is 5.78 Å². The zero-order chi connectivity index (χ0) is 12.1. The van der Waals surface area contributed by atoms with Crippen LogP contribution in [0.15, 0.2) is 12.7 Å². The van der Waals surface area contributed by atoms with Gasteiger partial charge in [-0.25, -0.2) is 4.79 Å². The van der Waals surface area contributed by atoms with E-state index in [1.165, 1.54) is 6.08 Å². The smallest absolute Gasteiger partial charge is 0.442 e. The van der Waals surface area contributed by atoms with Crippen molar-refractivity contribution in [2.45, 2.75) is 20.8 Å². The van der Waals surface area contributed by atoms with Crippen LogP contribution in [0.1, 0.15) is 20.8 Å². The first-order valence-electron chi connectivity index (χ1n) is 4.39. The molecule has 0 aliphatic carbocycles. The van der Waals surface area contributed by atoms with E-state index in [0.717, 1.165) is 0 Å². The van der Waals surface area contributed by atoms with Crippen LogP contribution in [0.3, 0.4) is 0 Å². The number of hydrogen-bond donors (Lipinski definition) is 0. The Kier molecular flexibility index (Phi) is 4.61. The van der Waals surface area contributed by atoms with Crippen LogP contribution in [0.5, 0.6) is 0 Å². The molecular weight excluding hydrogens is 196 g/mol. The van der Waals surface area contributed by atoms with E-state index in [2.05, 4.69) is 16.1 Å². The Labute approximate surface area is 88.4 Å². The second-order valence-corrected chi connectivity index (χ2v) is 3.91. The summed E-state index contributed by atoms with van der Waals surface area (Å²) in [7, 11) is 0. The van der Waals surface area contributed by atoms with Crippen molar-refractivity contribution in [1.29, 1.82) is 0 Å². The van der Waals surface area contributed by atoms with Gasteiger partial charge in [0.05, 0.1) is 0 Å². The molecule has 0 spiro atoms. The van der Waals surface area contributed by atoms with Gasteiger partial charge in [0.1, 0.15) is 6.61 Å². The second-order valence-electron chi connectivity index (χ2n) is 3.91. The Bertz CT molecular complexity index is 333. The summed E-state index contributed by atoms with van der Waals surface area (Å²) in [6.45, 7) is 8.15. The molecule has 0 heterocycles. The molecule has 0 N–H and O–H groups in total. The SMILES string of the molecule is C=CCOC(=O)C(=[N+]=[N-])C(=O)C(C)(C)C. The van der Waals surface area contributed by atoms with Crippen molar-refractivity contribution < 1.29 is 19.1 Å². The number of hydrogen-bond acceptors (Lipinski definition) is 3. The van der Waals surface area contributed by atoms with Crippen LogP contribution < -0.4 is 0 Å². The van der Waals surface area contributed by atoms with Crippen molar-refractivity contribution in [3.8, 4) is 0 Å². The minimum atomic E-state index is -0.947. The third-order valence-electron chi connectivity index (χ3n) is 1.52. The van der Waals surface area contributed by atoms with Gasteiger partial charge >= 0.3 is 11.7 Å². The third-order valence-corrected chi connectivity index (χ3v) is 1.52. The fourth-order valence-corrected chi connectivity index (χ4v) is 0.737. The van der Waals surface area contributed by atoms with Crippen molar-refractivity contribution in [3.63, 3.8) is 0 Å². The lowest BCUT2D eigenvalue weighted by Gasteiger charge is -2.11. The van der Waals surface area contributed by atoms with Crippen LogP contribution in [0.4, 0.5) is 0 Å².